The van der Waals surface area contributed by atoms with E-state index in [0.717, 1.165) is 32.5 Å². The van der Waals surface area contributed by atoms with Gasteiger partial charge in [-0.3, -0.25) is 5.01 Å². The molecule has 0 unspecified atom stereocenters. The molecule has 23 heavy (non-hydrogen) atoms. The first-order chi connectivity index (χ1) is 11.2. The largest absolute Gasteiger partial charge is 0.306 e. The second-order valence-electron chi connectivity index (χ2n) is 5.57. The number of hydrogen-bond acceptors (Lipinski definition) is 3. The number of allylic oxidation sites excluding steroid dienone is 3. The topological polar surface area (TPSA) is 18.8 Å². The van der Waals surface area contributed by atoms with Crippen molar-refractivity contribution in [2.24, 2.45) is 5.10 Å². The molecule has 0 spiro atoms. The first-order valence-electron chi connectivity index (χ1n) is 8.55. The van der Waals surface area contributed by atoms with E-state index < -0.39 is 0 Å². The quantitative estimate of drug-likeness (QED) is 0.461. The maximum atomic E-state index is 4.67. The summed E-state index contributed by atoms with van der Waals surface area (Å²) in [6.07, 6.45) is 10.2. The third-order valence-electron chi connectivity index (χ3n) is 3.79. The summed E-state index contributed by atoms with van der Waals surface area (Å²) in [6.45, 7) is 9.32. The van der Waals surface area contributed by atoms with Gasteiger partial charge in [-0.05, 0) is 38.6 Å². The monoisotopic (exact) mass is 313 g/mol. The van der Waals surface area contributed by atoms with Crippen molar-refractivity contribution in [1.29, 1.82) is 0 Å². The average Bonchev–Trinajstić information content (AvgIpc) is 2.59. The Bertz CT molecular complexity index is 503. The Morgan fingerprint density at radius 2 is 1.91 bits per heavy atom. The average molecular weight is 313 g/mol. The zero-order valence-electron chi connectivity index (χ0n) is 15.1. The van der Waals surface area contributed by atoms with Gasteiger partial charge in [-0.25, -0.2) is 0 Å². The lowest BCUT2D eigenvalue weighted by Crippen LogP contribution is -2.23. The molecule has 0 saturated carbocycles. The van der Waals surface area contributed by atoms with Crippen LogP contribution in [0.25, 0.3) is 0 Å². The molecule has 0 aliphatic rings. The minimum absolute atomic E-state index is 0.798. The Morgan fingerprint density at radius 3 is 2.52 bits per heavy atom. The van der Waals surface area contributed by atoms with Crippen molar-refractivity contribution in [1.82, 2.24) is 9.91 Å². The van der Waals surface area contributed by atoms with E-state index in [-0.39, 0.29) is 0 Å². The molecule has 3 heteroatoms. The number of rotatable bonds is 10. The standard InChI is InChI=1S/C20H31N3/c1-5-8-12-16-21-23(18-19-13-10-9-11-14-19)20(6-2)15-17-22(4)7-3/h6,8-14,16H,5,7,15,17-18H2,1-4H3/b12-8+,20-6+,21-16+. The summed E-state index contributed by atoms with van der Waals surface area (Å²) in [5.41, 5.74) is 2.53. The van der Waals surface area contributed by atoms with E-state index in [1.165, 1.54) is 11.3 Å². The fraction of sp³-hybridized carbons (Fsp3) is 0.450. The maximum Gasteiger partial charge on any atom is 0.0662 e. The van der Waals surface area contributed by atoms with Gasteiger partial charge in [0.15, 0.2) is 0 Å². The van der Waals surface area contributed by atoms with Gasteiger partial charge in [0.05, 0.1) is 6.54 Å². The molecule has 0 amide bonds. The van der Waals surface area contributed by atoms with Crippen molar-refractivity contribution in [3.8, 4) is 0 Å². The van der Waals surface area contributed by atoms with Gasteiger partial charge in [-0.15, -0.1) is 0 Å². The van der Waals surface area contributed by atoms with Crippen LogP contribution in [0.3, 0.4) is 0 Å². The van der Waals surface area contributed by atoms with E-state index in [2.05, 4.69) is 79.2 Å². The third kappa shape index (κ3) is 7.80. The highest BCUT2D eigenvalue weighted by atomic mass is 15.5. The van der Waals surface area contributed by atoms with Gasteiger partial charge in [0.25, 0.3) is 0 Å². The Hall–Kier alpha value is -1.87. The van der Waals surface area contributed by atoms with Crippen LogP contribution in [0.15, 0.2) is 59.4 Å². The van der Waals surface area contributed by atoms with E-state index in [1.54, 1.807) is 0 Å². The third-order valence-corrected chi connectivity index (χ3v) is 3.79. The zero-order chi connectivity index (χ0) is 16.9. The lowest BCUT2D eigenvalue weighted by Gasteiger charge is -2.24. The van der Waals surface area contributed by atoms with Crippen LogP contribution in [0.5, 0.6) is 0 Å². The van der Waals surface area contributed by atoms with Crippen LogP contribution in [0.1, 0.15) is 39.2 Å². The van der Waals surface area contributed by atoms with Gasteiger partial charge in [0.2, 0.25) is 0 Å². The number of nitrogens with zero attached hydrogens (tertiary/aromatic N) is 3. The zero-order valence-corrected chi connectivity index (χ0v) is 15.1. The van der Waals surface area contributed by atoms with Crippen LogP contribution in [-0.2, 0) is 6.54 Å². The summed E-state index contributed by atoms with van der Waals surface area (Å²) in [4.78, 5) is 2.32. The normalized spacial score (nSPS) is 12.7. The molecule has 0 aliphatic heterocycles. The van der Waals surface area contributed by atoms with E-state index in [0.29, 0.717) is 0 Å². The van der Waals surface area contributed by atoms with Crippen molar-refractivity contribution in [3.63, 3.8) is 0 Å². The molecule has 0 radical (unpaired) electrons. The first kappa shape index (κ1) is 19.2. The molecule has 0 bridgehead atoms. The van der Waals surface area contributed by atoms with Crippen LogP contribution >= 0.6 is 0 Å². The van der Waals surface area contributed by atoms with Gasteiger partial charge in [0, 0.05) is 24.9 Å². The Morgan fingerprint density at radius 1 is 1.17 bits per heavy atom. The van der Waals surface area contributed by atoms with Crippen LogP contribution in [0, 0.1) is 0 Å². The first-order valence-corrected chi connectivity index (χ1v) is 8.55. The van der Waals surface area contributed by atoms with E-state index in [4.69, 9.17) is 0 Å². The van der Waals surface area contributed by atoms with Crippen molar-refractivity contribution < 1.29 is 0 Å². The molecular formula is C20H31N3. The maximum absolute atomic E-state index is 4.67. The Balaban J connectivity index is 2.83. The minimum atomic E-state index is 0.798. The Kier molecular flexibility index (Phi) is 9.73. The fourth-order valence-corrected chi connectivity index (χ4v) is 2.17. The highest BCUT2D eigenvalue weighted by Crippen LogP contribution is 2.15. The van der Waals surface area contributed by atoms with Crippen LogP contribution < -0.4 is 0 Å². The smallest absolute Gasteiger partial charge is 0.0662 e. The molecule has 1 aromatic carbocycles. The van der Waals surface area contributed by atoms with Gasteiger partial charge < -0.3 is 4.90 Å². The second kappa shape index (κ2) is 11.7. The van der Waals surface area contributed by atoms with Gasteiger partial charge >= 0.3 is 0 Å². The summed E-state index contributed by atoms with van der Waals surface area (Å²) in [5, 5.41) is 6.78. The summed E-state index contributed by atoms with van der Waals surface area (Å²) in [5.74, 6) is 0. The predicted octanol–water partition coefficient (Wildman–Crippen LogP) is 4.69. The lowest BCUT2D eigenvalue weighted by molar-refractivity contribution is 0.305. The summed E-state index contributed by atoms with van der Waals surface area (Å²) >= 11 is 0. The molecule has 0 atom stereocenters. The molecule has 126 valence electrons. The number of hydrazone groups is 1. The molecule has 0 saturated heterocycles. The summed E-state index contributed by atoms with van der Waals surface area (Å²) in [6, 6.07) is 10.5. The molecular weight excluding hydrogens is 282 g/mol. The second-order valence-corrected chi connectivity index (χ2v) is 5.57. The molecule has 0 fully saturated rings. The van der Waals surface area contributed by atoms with Gasteiger partial charge in [-0.2, -0.15) is 5.10 Å². The molecule has 0 N–H and O–H groups in total. The molecule has 1 aromatic rings. The minimum Gasteiger partial charge on any atom is -0.306 e. The molecule has 1 rings (SSSR count). The van der Waals surface area contributed by atoms with Crippen LogP contribution in [0.2, 0.25) is 0 Å². The highest BCUT2D eigenvalue weighted by molar-refractivity contribution is 5.70. The fourth-order valence-electron chi connectivity index (χ4n) is 2.17. The van der Waals surface area contributed by atoms with Crippen molar-refractivity contribution in [2.45, 2.75) is 40.2 Å². The van der Waals surface area contributed by atoms with Gasteiger partial charge in [-0.1, -0.05) is 56.3 Å². The van der Waals surface area contributed by atoms with E-state index in [9.17, 15) is 0 Å². The number of hydrogen-bond donors (Lipinski definition) is 0. The summed E-state index contributed by atoms with van der Waals surface area (Å²) in [7, 11) is 2.15. The molecule has 0 aliphatic carbocycles. The molecule has 0 heterocycles. The molecule has 3 nitrogen and oxygen atoms in total. The highest BCUT2D eigenvalue weighted by Gasteiger charge is 2.09. The lowest BCUT2D eigenvalue weighted by atomic mass is 10.2. The van der Waals surface area contributed by atoms with Crippen molar-refractivity contribution in [2.75, 3.05) is 20.1 Å². The van der Waals surface area contributed by atoms with Crippen molar-refractivity contribution >= 4 is 6.21 Å². The van der Waals surface area contributed by atoms with Crippen LogP contribution in [0.4, 0.5) is 0 Å². The van der Waals surface area contributed by atoms with Crippen molar-refractivity contribution in [3.05, 3.63) is 59.8 Å². The van der Waals surface area contributed by atoms with E-state index >= 15 is 0 Å². The predicted molar refractivity (Wildman–Crippen MR) is 101 cm³/mol. The van der Waals surface area contributed by atoms with Crippen LogP contribution in [-0.4, -0.2) is 36.3 Å². The number of benzene rings is 1. The molecule has 0 aromatic heterocycles. The summed E-state index contributed by atoms with van der Waals surface area (Å²) < 4.78 is 0. The SMILES string of the molecule is C/C=C(\CCN(C)CC)N(Cc1ccccc1)/N=C/C=C/CC. The van der Waals surface area contributed by atoms with Gasteiger partial charge in [0.1, 0.15) is 0 Å². The van der Waals surface area contributed by atoms with E-state index in [1.807, 2.05) is 18.4 Å². The Labute approximate surface area is 142 Å².